The van der Waals surface area contributed by atoms with E-state index in [9.17, 15) is 15.2 Å². The van der Waals surface area contributed by atoms with E-state index < -0.39 is 22.1 Å². The van der Waals surface area contributed by atoms with Crippen LogP contribution < -0.4 is 0 Å². The maximum absolute atomic E-state index is 12.1. The van der Waals surface area contributed by atoms with Gasteiger partial charge in [-0.25, -0.2) is 0 Å². The van der Waals surface area contributed by atoms with Crippen LogP contribution >= 0.6 is 0 Å². The van der Waals surface area contributed by atoms with Gasteiger partial charge in [0.05, 0.1) is 10.6 Å². The standard InChI is InChI=1S/C22H31N3O3/c1-7-20(3,4)16-14-18(21(5,6)8-2)22(26,25(27)28)19(15-16)24-23-17-12-10-9-11-13-17/h9-15,19,26H,7-8H2,1-6H3. The molecule has 2 atom stereocenters. The molecule has 0 saturated carbocycles. The van der Waals surface area contributed by atoms with E-state index in [2.05, 4.69) is 31.0 Å². The van der Waals surface area contributed by atoms with Crippen LogP contribution in [-0.4, -0.2) is 21.8 Å². The first-order valence-corrected chi connectivity index (χ1v) is 9.76. The Kier molecular flexibility index (Phi) is 6.24. The molecule has 0 fully saturated rings. The lowest BCUT2D eigenvalue weighted by molar-refractivity contribution is -0.615. The van der Waals surface area contributed by atoms with Gasteiger partial charge in [-0.15, -0.1) is 0 Å². The normalized spacial score (nSPS) is 23.5. The van der Waals surface area contributed by atoms with Gasteiger partial charge >= 0.3 is 5.72 Å². The number of allylic oxidation sites excluding steroid dienone is 2. The third kappa shape index (κ3) is 4.07. The quantitative estimate of drug-likeness (QED) is 0.277. The van der Waals surface area contributed by atoms with Crippen molar-refractivity contribution in [2.24, 2.45) is 21.1 Å². The second-order valence-electron chi connectivity index (χ2n) is 8.63. The average molecular weight is 386 g/mol. The van der Waals surface area contributed by atoms with Gasteiger partial charge in [0.2, 0.25) is 0 Å². The highest BCUT2D eigenvalue weighted by molar-refractivity contribution is 5.43. The van der Waals surface area contributed by atoms with Gasteiger partial charge in [0, 0.05) is 5.57 Å². The summed E-state index contributed by atoms with van der Waals surface area (Å²) in [4.78, 5) is 11.5. The van der Waals surface area contributed by atoms with Crippen LogP contribution in [0.2, 0.25) is 0 Å². The maximum atomic E-state index is 12.1. The van der Waals surface area contributed by atoms with E-state index in [0.717, 1.165) is 12.0 Å². The molecule has 0 saturated heterocycles. The molecule has 1 aliphatic carbocycles. The molecular weight excluding hydrogens is 354 g/mol. The Morgan fingerprint density at radius 3 is 2.18 bits per heavy atom. The maximum Gasteiger partial charge on any atom is 0.373 e. The molecule has 152 valence electrons. The van der Waals surface area contributed by atoms with Crippen molar-refractivity contribution >= 4 is 5.69 Å². The Morgan fingerprint density at radius 1 is 1.11 bits per heavy atom. The lowest BCUT2D eigenvalue weighted by Crippen LogP contribution is -2.54. The highest BCUT2D eigenvalue weighted by Crippen LogP contribution is 2.47. The third-order valence-electron chi connectivity index (χ3n) is 6.06. The zero-order valence-corrected chi connectivity index (χ0v) is 17.6. The first-order chi connectivity index (χ1) is 13.0. The number of aliphatic hydroxyl groups is 1. The smallest absolute Gasteiger partial charge is 0.325 e. The molecule has 1 aromatic carbocycles. The van der Waals surface area contributed by atoms with Crippen molar-refractivity contribution in [2.75, 3.05) is 0 Å². The van der Waals surface area contributed by atoms with Crippen molar-refractivity contribution in [3.05, 3.63) is 63.7 Å². The fourth-order valence-corrected chi connectivity index (χ4v) is 3.21. The SMILES string of the molecule is CCC(C)(C)C1=CC(N=Nc2ccccc2)C(O)([N+](=O)[O-])C(C(C)(C)CC)=C1. The Balaban J connectivity index is 2.66. The number of rotatable bonds is 7. The van der Waals surface area contributed by atoms with Crippen molar-refractivity contribution < 1.29 is 10.0 Å². The van der Waals surface area contributed by atoms with Crippen molar-refractivity contribution in [3.63, 3.8) is 0 Å². The summed E-state index contributed by atoms with van der Waals surface area (Å²) in [6, 6.07) is 7.94. The number of hydrogen-bond donors (Lipinski definition) is 1. The molecule has 28 heavy (non-hydrogen) atoms. The van der Waals surface area contributed by atoms with Crippen molar-refractivity contribution in [3.8, 4) is 0 Å². The van der Waals surface area contributed by atoms with Gasteiger partial charge in [-0.1, -0.05) is 59.7 Å². The number of benzene rings is 1. The second-order valence-corrected chi connectivity index (χ2v) is 8.63. The topological polar surface area (TPSA) is 88.1 Å². The van der Waals surface area contributed by atoms with Crippen LogP contribution in [-0.2, 0) is 0 Å². The average Bonchev–Trinajstić information content (AvgIpc) is 2.67. The molecule has 1 aliphatic rings. The molecule has 0 aromatic heterocycles. The molecular formula is C22H31N3O3. The van der Waals surface area contributed by atoms with E-state index in [0.29, 0.717) is 17.7 Å². The summed E-state index contributed by atoms with van der Waals surface area (Å²) in [6.07, 6.45) is 5.02. The summed E-state index contributed by atoms with van der Waals surface area (Å²) >= 11 is 0. The monoisotopic (exact) mass is 385 g/mol. The van der Waals surface area contributed by atoms with E-state index in [4.69, 9.17) is 0 Å². The molecule has 1 N–H and O–H groups in total. The Hall–Kier alpha value is -2.34. The van der Waals surface area contributed by atoms with Gasteiger partial charge in [0.1, 0.15) is 0 Å². The van der Waals surface area contributed by atoms with Gasteiger partial charge in [-0.05, 0) is 53.5 Å². The summed E-state index contributed by atoms with van der Waals surface area (Å²) in [5, 5.41) is 31.8. The van der Waals surface area contributed by atoms with Crippen LogP contribution in [0.1, 0.15) is 54.4 Å². The number of azo groups is 1. The molecule has 6 heteroatoms. The largest absolute Gasteiger partial charge is 0.373 e. The lowest BCUT2D eigenvalue weighted by atomic mass is 9.67. The minimum Gasteiger partial charge on any atom is -0.325 e. The fraction of sp³-hybridized carbons (Fsp3) is 0.545. The second kappa shape index (κ2) is 7.95. The summed E-state index contributed by atoms with van der Waals surface area (Å²) in [6.45, 7) is 12.1. The highest BCUT2D eigenvalue weighted by Gasteiger charge is 2.58. The minimum atomic E-state index is -2.33. The predicted molar refractivity (Wildman–Crippen MR) is 111 cm³/mol. The summed E-state index contributed by atoms with van der Waals surface area (Å²) < 4.78 is 0. The predicted octanol–water partition coefficient (Wildman–Crippen LogP) is 5.84. The van der Waals surface area contributed by atoms with Crippen LogP contribution in [0.4, 0.5) is 5.69 Å². The Labute approximate surface area is 167 Å². The first-order valence-electron chi connectivity index (χ1n) is 9.76. The fourth-order valence-electron chi connectivity index (χ4n) is 3.21. The molecule has 0 bridgehead atoms. The van der Waals surface area contributed by atoms with Crippen molar-refractivity contribution in [1.29, 1.82) is 0 Å². The number of nitrogens with zero attached hydrogens (tertiary/aromatic N) is 3. The van der Waals surface area contributed by atoms with E-state index in [1.165, 1.54) is 0 Å². The van der Waals surface area contributed by atoms with Crippen molar-refractivity contribution in [2.45, 2.75) is 66.2 Å². The first kappa shape index (κ1) is 22.0. The van der Waals surface area contributed by atoms with E-state index in [1.807, 2.05) is 45.0 Å². The number of hydrogen-bond acceptors (Lipinski definition) is 5. The summed E-state index contributed by atoms with van der Waals surface area (Å²) in [7, 11) is 0. The highest BCUT2D eigenvalue weighted by atomic mass is 16.7. The minimum absolute atomic E-state index is 0.201. The van der Waals surface area contributed by atoms with Crippen LogP contribution in [0.5, 0.6) is 0 Å². The van der Waals surface area contributed by atoms with Gasteiger partial charge in [0.15, 0.2) is 6.04 Å². The molecule has 0 aliphatic heterocycles. The van der Waals surface area contributed by atoms with E-state index in [-0.39, 0.29) is 5.41 Å². The third-order valence-corrected chi connectivity index (χ3v) is 6.06. The van der Waals surface area contributed by atoms with Gasteiger partial charge in [0.25, 0.3) is 0 Å². The molecule has 2 rings (SSSR count). The molecule has 0 amide bonds. The van der Waals surface area contributed by atoms with Crippen molar-refractivity contribution in [1.82, 2.24) is 0 Å². The zero-order valence-electron chi connectivity index (χ0n) is 17.6. The molecule has 6 nitrogen and oxygen atoms in total. The van der Waals surface area contributed by atoms with Gasteiger partial charge < -0.3 is 5.11 Å². The molecule has 0 spiro atoms. The van der Waals surface area contributed by atoms with Crippen LogP contribution in [0.3, 0.4) is 0 Å². The molecule has 2 unspecified atom stereocenters. The van der Waals surface area contributed by atoms with Gasteiger partial charge in [-0.3, -0.25) is 10.1 Å². The summed E-state index contributed by atoms with van der Waals surface area (Å²) in [5.41, 5.74) is -1.19. The molecule has 1 aromatic rings. The summed E-state index contributed by atoms with van der Waals surface area (Å²) in [5.74, 6) is 0. The van der Waals surface area contributed by atoms with Crippen LogP contribution in [0.25, 0.3) is 0 Å². The Morgan fingerprint density at radius 2 is 1.68 bits per heavy atom. The number of nitro groups is 1. The van der Waals surface area contributed by atoms with Crippen LogP contribution in [0.15, 0.2) is 63.9 Å². The van der Waals surface area contributed by atoms with E-state index >= 15 is 0 Å². The van der Waals surface area contributed by atoms with E-state index in [1.54, 1.807) is 18.2 Å². The zero-order chi connectivity index (χ0) is 21.2. The van der Waals surface area contributed by atoms with Gasteiger partial charge in [-0.2, -0.15) is 10.2 Å². The Bertz CT molecular complexity index is 810. The van der Waals surface area contributed by atoms with Crippen LogP contribution in [0, 0.1) is 20.9 Å². The lowest BCUT2D eigenvalue weighted by Gasteiger charge is -2.39. The molecule has 0 heterocycles. The molecule has 0 radical (unpaired) electrons.